The first-order chi connectivity index (χ1) is 7.99. The zero-order valence-electron chi connectivity index (χ0n) is 10.2. The Morgan fingerprint density at radius 2 is 1.35 bits per heavy atom. The lowest BCUT2D eigenvalue weighted by Crippen LogP contribution is -2.03. The largest absolute Gasteiger partial charge is 0.467 e. The lowest BCUT2D eigenvalue weighted by Gasteiger charge is -2.08. The molecule has 5 heteroatoms. The van der Waals surface area contributed by atoms with Crippen LogP contribution in [0.1, 0.15) is 26.7 Å². The van der Waals surface area contributed by atoms with Crippen molar-refractivity contribution in [1.82, 2.24) is 0 Å². The Kier molecular flexibility index (Phi) is 9.65. The highest BCUT2D eigenvalue weighted by atomic mass is 35.5. The van der Waals surface area contributed by atoms with Gasteiger partial charge in [-0.2, -0.15) is 0 Å². The van der Waals surface area contributed by atoms with Gasteiger partial charge in [0.2, 0.25) is 0 Å². The van der Waals surface area contributed by atoms with Gasteiger partial charge < -0.3 is 14.9 Å². The van der Waals surface area contributed by atoms with E-state index in [0.717, 1.165) is 11.5 Å². The topological polar surface area (TPSA) is 49.7 Å². The van der Waals surface area contributed by atoms with Crippen LogP contribution in [0.4, 0.5) is 0 Å². The summed E-state index contributed by atoms with van der Waals surface area (Å²) in [7, 11) is 0. The Labute approximate surface area is 113 Å². The fourth-order valence-corrected chi connectivity index (χ4v) is 1.25. The molecule has 0 aromatic rings. The average molecular weight is 283 g/mol. The molecule has 0 aliphatic rings. The number of ether oxygens (including phenoxy) is 1. The highest BCUT2D eigenvalue weighted by molar-refractivity contribution is 6.21. The van der Waals surface area contributed by atoms with Gasteiger partial charge in [-0.3, -0.25) is 0 Å². The molecule has 2 N–H and O–H groups in total. The van der Waals surface area contributed by atoms with E-state index >= 15 is 0 Å². The number of allylic oxidation sites excluding steroid dienone is 4. The number of hydrogen-bond acceptors (Lipinski definition) is 3. The van der Waals surface area contributed by atoms with E-state index in [-0.39, 0.29) is 24.0 Å². The quantitative estimate of drug-likeness (QED) is 0.532. The van der Waals surface area contributed by atoms with Crippen LogP contribution in [0.3, 0.4) is 0 Å². The van der Waals surface area contributed by atoms with Gasteiger partial charge >= 0.3 is 0 Å². The molecule has 0 aromatic carbocycles. The van der Waals surface area contributed by atoms with E-state index in [1.165, 1.54) is 0 Å². The minimum absolute atomic E-state index is 0.0510. The molecule has 0 saturated heterocycles. The summed E-state index contributed by atoms with van der Waals surface area (Å²) in [4.78, 5) is 0. The third-order valence-electron chi connectivity index (χ3n) is 2.04. The van der Waals surface area contributed by atoms with Crippen molar-refractivity contribution in [2.75, 3.05) is 13.2 Å². The molecule has 17 heavy (non-hydrogen) atoms. The van der Waals surface area contributed by atoms with Gasteiger partial charge in [-0.25, -0.2) is 0 Å². The third kappa shape index (κ3) is 9.48. The molecule has 0 saturated carbocycles. The van der Waals surface area contributed by atoms with Crippen LogP contribution in [0.2, 0.25) is 0 Å². The molecule has 100 valence electrons. The van der Waals surface area contributed by atoms with Crippen LogP contribution in [0.25, 0.3) is 0 Å². The van der Waals surface area contributed by atoms with Crippen molar-refractivity contribution in [1.29, 1.82) is 0 Å². The maximum Gasteiger partial charge on any atom is 0.0965 e. The van der Waals surface area contributed by atoms with E-state index in [0.29, 0.717) is 12.8 Å². The van der Waals surface area contributed by atoms with Crippen molar-refractivity contribution in [2.24, 2.45) is 0 Å². The lowest BCUT2D eigenvalue weighted by atomic mass is 10.2. The average Bonchev–Trinajstić information content (AvgIpc) is 2.32. The van der Waals surface area contributed by atoms with Crippen molar-refractivity contribution in [3.63, 3.8) is 0 Å². The predicted octanol–water partition coefficient (Wildman–Crippen LogP) is 2.79. The molecule has 0 aromatic heterocycles. The minimum atomic E-state index is -0.278. The smallest absolute Gasteiger partial charge is 0.0965 e. The molecule has 0 heterocycles. The van der Waals surface area contributed by atoms with E-state index in [4.69, 9.17) is 38.2 Å². The fourth-order valence-electron chi connectivity index (χ4n) is 1.07. The Balaban J connectivity index is 4.05. The van der Waals surface area contributed by atoms with Crippen LogP contribution in [-0.4, -0.2) is 34.2 Å². The van der Waals surface area contributed by atoms with Gasteiger partial charge in [0.05, 0.1) is 35.5 Å². The second-order valence-corrected chi connectivity index (χ2v) is 5.00. The third-order valence-corrected chi connectivity index (χ3v) is 2.67. The molecule has 0 rings (SSSR count). The number of aliphatic hydroxyl groups is 2. The van der Waals surface area contributed by atoms with Crippen LogP contribution < -0.4 is 0 Å². The maximum absolute atomic E-state index is 8.75. The Hall–Kier alpha value is -0.220. The molecule has 0 radical (unpaired) electrons. The number of hydrogen-bond donors (Lipinski definition) is 2. The molecule has 2 atom stereocenters. The van der Waals surface area contributed by atoms with Gasteiger partial charge in [0.15, 0.2) is 0 Å². The predicted molar refractivity (Wildman–Crippen MR) is 71.3 cm³/mol. The summed E-state index contributed by atoms with van der Waals surface area (Å²) in [5.74, 6) is 1.46. The zero-order chi connectivity index (χ0) is 13.3. The van der Waals surface area contributed by atoms with Crippen molar-refractivity contribution in [3.8, 4) is 0 Å². The molecule has 2 unspecified atom stereocenters. The molecule has 0 bridgehead atoms. The van der Waals surface area contributed by atoms with E-state index in [2.05, 4.69) is 0 Å². The van der Waals surface area contributed by atoms with Gasteiger partial charge in [0, 0.05) is 0 Å². The Bertz CT molecular complexity index is 238. The van der Waals surface area contributed by atoms with Crippen LogP contribution >= 0.6 is 23.2 Å². The number of rotatable bonds is 8. The number of alkyl halides is 2. The van der Waals surface area contributed by atoms with Crippen LogP contribution in [0, 0.1) is 0 Å². The van der Waals surface area contributed by atoms with Crippen molar-refractivity contribution in [2.45, 2.75) is 37.4 Å². The summed E-state index contributed by atoms with van der Waals surface area (Å²) in [5, 5.41) is 16.9. The van der Waals surface area contributed by atoms with E-state index in [1.54, 1.807) is 0 Å². The number of halogens is 2. The van der Waals surface area contributed by atoms with Crippen molar-refractivity contribution >= 4 is 23.2 Å². The van der Waals surface area contributed by atoms with E-state index < -0.39 is 0 Å². The molecular weight excluding hydrogens is 263 g/mol. The summed E-state index contributed by atoms with van der Waals surface area (Å²) >= 11 is 11.5. The normalized spacial score (nSPS) is 16.8. The summed E-state index contributed by atoms with van der Waals surface area (Å²) in [6.07, 6.45) is 4.78. The Morgan fingerprint density at radius 3 is 1.65 bits per heavy atom. The van der Waals surface area contributed by atoms with Gasteiger partial charge in [0.25, 0.3) is 0 Å². The molecule has 0 aliphatic heterocycles. The summed E-state index contributed by atoms with van der Waals surface area (Å²) in [6.45, 7) is 3.54. The monoisotopic (exact) mass is 282 g/mol. The van der Waals surface area contributed by atoms with Gasteiger partial charge in [-0.1, -0.05) is 0 Å². The molecule has 0 amide bonds. The van der Waals surface area contributed by atoms with Crippen molar-refractivity contribution in [3.05, 3.63) is 23.7 Å². The standard InChI is InChI=1S/C12H20Cl2O3/c1-9(3-5-11(13)7-15)17-10(2)4-6-12(14)8-16/h3-4,11-12,15-16H,5-8H2,1-2H3. The lowest BCUT2D eigenvalue weighted by molar-refractivity contribution is 0.285. The second-order valence-electron chi connectivity index (χ2n) is 3.76. The molecule has 0 spiro atoms. The molecule has 3 nitrogen and oxygen atoms in total. The van der Waals surface area contributed by atoms with Crippen LogP contribution in [0.15, 0.2) is 23.7 Å². The highest BCUT2D eigenvalue weighted by Crippen LogP contribution is 2.11. The van der Waals surface area contributed by atoms with Gasteiger partial charge in [-0.05, 0) is 38.8 Å². The van der Waals surface area contributed by atoms with E-state index in [1.807, 2.05) is 26.0 Å². The van der Waals surface area contributed by atoms with Gasteiger partial charge in [-0.15, -0.1) is 23.2 Å². The van der Waals surface area contributed by atoms with Crippen LogP contribution in [-0.2, 0) is 4.74 Å². The summed E-state index contributed by atoms with van der Waals surface area (Å²) < 4.78 is 5.48. The maximum atomic E-state index is 8.75. The van der Waals surface area contributed by atoms with Crippen LogP contribution in [0.5, 0.6) is 0 Å². The molecular formula is C12H20Cl2O3. The highest BCUT2D eigenvalue weighted by Gasteiger charge is 2.02. The van der Waals surface area contributed by atoms with E-state index in [9.17, 15) is 0 Å². The second kappa shape index (κ2) is 9.77. The summed E-state index contributed by atoms with van der Waals surface area (Å²) in [5.41, 5.74) is 0. The van der Waals surface area contributed by atoms with Crippen molar-refractivity contribution < 1.29 is 14.9 Å². The number of aliphatic hydroxyl groups excluding tert-OH is 2. The first-order valence-electron chi connectivity index (χ1n) is 5.50. The first-order valence-corrected chi connectivity index (χ1v) is 6.38. The fraction of sp³-hybridized carbons (Fsp3) is 0.667. The summed E-state index contributed by atoms with van der Waals surface area (Å²) in [6, 6.07) is 0. The minimum Gasteiger partial charge on any atom is -0.467 e. The molecule has 0 fully saturated rings. The SMILES string of the molecule is CC(=CCC(Cl)CO)OC(C)=CCC(Cl)CO. The zero-order valence-corrected chi connectivity index (χ0v) is 11.7. The Morgan fingerprint density at radius 1 is 1.00 bits per heavy atom. The van der Waals surface area contributed by atoms with Gasteiger partial charge in [0.1, 0.15) is 0 Å². The first kappa shape index (κ1) is 16.8. The molecule has 0 aliphatic carbocycles.